The van der Waals surface area contributed by atoms with Crippen LogP contribution in [0.5, 0.6) is 0 Å². The first kappa shape index (κ1) is 21.2. The molecule has 1 aromatic carbocycles. The molecule has 1 aromatic rings. The van der Waals surface area contributed by atoms with Gasteiger partial charge in [-0.1, -0.05) is 29.8 Å². The zero-order valence-electron chi connectivity index (χ0n) is 15.9. The average molecular weight is 395 g/mol. The van der Waals surface area contributed by atoms with Crippen LogP contribution in [0.4, 0.5) is 4.79 Å². The third-order valence-corrected chi connectivity index (χ3v) is 5.38. The number of carbonyl (C=O) groups excluding carboxylic acids is 3. The van der Waals surface area contributed by atoms with Gasteiger partial charge in [0.1, 0.15) is 12.1 Å². The second-order valence-corrected chi connectivity index (χ2v) is 7.28. The first-order valence-electron chi connectivity index (χ1n) is 9.01. The number of hydrogen-bond donors (Lipinski definition) is 2. The highest BCUT2D eigenvalue weighted by Crippen LogP contribution is 2.29. The maximum Gasteiger partial charge on any atom is 0.325 e. The number of benzene rings is 1. The summed E-state index contributed by atoms with van der Waals surface area (Å²) in [5.41, 5.74) is 0.649. The van der Waals surface area contributed by atoms with Gasteiger partial charge in [-0.15, -0.1) is 12.4 Å². The van der Waals surface area contributed by atoms with Gasteiger partial charge in [-0.25, -0.2) is 4.79 Å². The quantitative estimate of drug-likeness (QED) is 0.756. The summed E-state index contributed by atoms with van der Waals surface area (Å²) in [6.07, 6.45) is 1.94. The van der Waals surface area contributed by atoms with Crippen LogP contribution in [0.2, 0.25) is 0 Å². The van der Waals surface area contributed by atoms with E-state index in [-0.39, 0.29) is 36.8 Å². The Bertz CT molecular complexity index is 724. The molecule has 2 heterocycles. The number of carbonyl (C=O) groups is 3. The van der Waals surface area contributed by atoms with Gasteiger partial charge in [0.05, 0.1) is 0 Å². The summed E-state index contributed by atoms with van der Waals surface area (Å²) in [5.74, 6) is -0.580. The number of aryl methyl sites for hydroxylation is 1. The SMILES string of the molecule is CNC1CCCN(C(=O)CN2C(=O)NC(C)(c3ccc(C)cc3)C2=O)C1.Cl. The molecule has 0 radical (unpaired) electrons. The van der Waals surface area contributed by atoms with Crippen LogP contribution in [0.15, 0.2) is 24.3 Å². The fourth-order valence-electron chi connectivity index (χ4n) is 3.60. The molecule has 4 amide bonds. The number of likely N-dealkylation sites (tertiary alicyclic amines) is 1. The highest BCUT2D eigenvalue weighted by Gasteiger charge is 2.49. The summed E-state index contributed by atoms with van der Waals surface area (Å²) >= 11 is 0. The Morgan fingerprint density at radius 2 is 1.96 bits per heavy atom. The number of piperidine rings is 1. The number of amides is 4. The van der Waals surface area contributed by atoms with Gasteiger partial charge in [0.25, 0.3) is 5.91 Å². The summed E-state index contributed by atoms with van der Waals surface area (Å²) in [4.78, 5) is 40.7. The molecule has 7 nitrogen and oxygen atoms in total. The van der Waals surface area contributed by atoms with E-state index in [0.29, 0.717) is 18.7 Å². The minimum Gasteiger partial charge on any atom is -0.340 e. The third kappa shape index (κ3) is 4.09. The van der Waals surface area contributed by atoms with Crippen LogP contribution in [-0.4, -0.2) is 60.4 Å². The highest BCUT2D eigenvalue weighted by atomic mass is 35.5. The van der Waals surface area contributed by atoms with Gasteiger partial charge in [0.2, 0.25) is 5.91 Å². The van der Waals surface area contributed by atoms with E-state index >= 15 is 0 Å². The second kappa shape index (κ2) is 8.27. The zero-order chi connectivity index (χ0) is 18.9. The Labute approximate surface area is 165 Å². The van der Waals surface area contributed by atoms with Crippen LogP contribution in [-0.2, 0) is 15.1 Å². The van der Waals surface area contributed by atoms with Crippen molar-refractivity contribution in [3.05, 3.63) is 35.4 Å². The first-order valence-corrected chi connectivity index (χ1v) is 9.01. The summed E-state index contributed by atoms with van der Waals surface area (Å²) < 4.78 is 0. The summed E-state index contributed by atoms with van der Waals surface area (Å²) in [6.45, 7) is 4.69. The molecule has 3 rings (SSSR count). The molecular weight excluding hydrogens is 368 g/mol. The van der Waals surface area contributed by atoms with Crippen LogP contribution in [0.3, 0.4) is 0 Å². The third-order valence-electron chi connectivity index (χ3n) is 5.38. The van der Waals surface area contributed by atoms with Crippen molar-refractivity contribution in [2.45, 2.75) is 38.3 Å². The molecule has 0 aromatic heterocycles. The van der Waals surface area contributed by atoms with Gasteiger partial charge in [0, 0.05) is 19.1 Å². The zero-order valence-corrected chi connectivity index (χ0v) is 16.8. The summed E-state index contributed by atoms with van der Waals surface area (Å²) in [6, 6.07) is 7.21. The normalized spacial score (nSPS) is 25.2. The second-order valence-electron chi connectivity index (χ2n) is 7.28. The van der Waals surface area contributed by atoms with E-state index in [1.165, 1.54) is 0 Å². The van der Waals surface area contributed by atoms with Crippen LogP contribution in [0, 0.1) is 6.92 Å². The monoisotopic (exact) mass is 394 g/mol. The molecule has 8 heteroatoms. The number of urea groups is 1. The first-order chi connectivity index (χ1) is 12.3. The number of halogens is 1. The fraction of sp³-hybridized carbons (Fsp3) is 0.526. The molecule has 2 unspecified atom stereocenters. The molecule has 2 N–H and O–H groups in total. The number of imide groups is 1. The number of nitrogens with zero attached hydrogens (tertiary/aromatic N) is 2. The van der Waals surface area contributed by atoms with Crippen molar-refractivity contribution in [1.29, 1.82) is 0 Å². The van der Waals surface area contributed by atoms with Crippen molar-refractivity contribution in [3.8, 4) is 0 Å². The van der Waals surface area contributed by atoms with Crippen molar-refractivity contribution in [1.82, 2.24) is 20.4 Å². The van der Waals surface area contributed by atoms with E-state index < -0.39 is 11.6 Å². The van der Waals surface area contributed by atoms with Crippen molar-refractivity contribution < 1.29 is 14.4 Å². The Morgan fingerprint density at radius 3 is 2.59 bits per heavy atom. The molecule has 27 heavy (non-hydrogen) atoms. The molecule has 0 spiro atoms. The molecule has 0 saturated carbocycles. The number of nitrogens with one attached hydrogen (secondary N) is 2. The van der Waals surface area contributed by atoms with Crippen molar-refractivity contribution in [3.63, 3.8) is 0 Å². The molecule has 148 valence electrons. The topological polar surface area (TPSA) is 81.8 Å². The molecular formula is C19H27ClN4O3. The number of rotatable bonds is 4. The molecule has 0 bridgehead atoms. The van der Waals surface area contributed by atoms with Gasteiger partial charge in [-0.2, -0.15) is 0 Å². The molecule has 2 aliphatic heterocycles. The summed E-state index contributed by atoms with van der Waals surface area (Å²) in [5, 5.41) is 5.93. The molecule has 2 aliphatic rings. The Balaban J connectivity index is 0.00000261. The molecule has 2 atom stereocenters. The van der Waals surface area contributed by atoms with Crippen LogP contribution >= 0.6 is 12.4 Å². The van der Waals surface area contributed by atoms with Gasteiger partial charge in [-0.3, -0.25) is 14.5 Å². The molecule has 0 aliphatic carbocycles. The minimum absolute atomic E-state index is 0. The van der Waals surface area contributed by atoms with Crippen LogP contribution in [0.25, 0.3) is 0 Å². The summed E-state index contributed by atoms with van der Waals surface area (Å²) in [7, 11) is 1.88. The average Bonchev–Trinajstić information content (AvgIpc) is 2.86. The van der Waals surface area contributed by atoms with Gasteiger partial charge in [0.15, 0.2) is 0 Å². The van der Waals surface area contributed by atoms with Crippen LogP contribution in [0.1, 0.15) is 30.9 Å². The maximum absolute atomic E-state index is 12.9. The standard InChI is InChI=1S/C19H26N4O3.ClH/c1-13-6-8-14(9-7-13)19(2)17(25)23(18(26)21-19)12-16(24)22-10-4-5-15(11-22)20-3;/h6-9,15,20H,4-5,10-12H2,1-3H3,(H,21,26);1H. The van der Waals surface area contributed by atoms with Crippen LogP contribution < -0.4 is 10.6 Å². The smallest absolute Gasteiger partial charge is 0.325 e. The van der Waals surface area contributed by atoms with E-state index in [1.54, 1.807) is 11.8 Å². The van der Waals surface area contributed by atoms with E-state index in [2.05, 4.69) is 10.6 Å². The largest absolute Gasteiger partial charge is 0.340 e. The van der Waals surface area contributed by atoms with Gasteiger partial charge < -0.3 is 15.5 Å². The Kier molecular flexibility index (Phi) is 6.49. The van der Waals surface area contributed by atoms with Gasteiger partial charge in [-0.05, 0) is 39.3 Å². The van der Waals surface area contributed by atoms with E-state index in [9.17, 15) is 14.4 Å². The molecule has 2 saturated heterocycles. The number of likely N-dealkylation sites (N-methyl/N-ethyl adjacent to an activating group) is 1. The van der Waals surface area contributed by atoms with Crippen molar-refractivity contribution in [2.75, 3.05) is 26.7 Å². The fourth-order valence-corrected chi connectivity index (χ4v) is 3.60. The van der Waals surface area contributed by atoms with E-state index in [4.69, 9.17) is 0 Å². The Hall–Kier alpha value is -2.12. The lowest BCUT2D eigenvalue weighted by Crippen LogP contribution is -2.50. The maximum atomic E-state index is 12.9. The number of hydrogen-bond acceptors (Lipinski definition) is 4. The lowest BCUT2D eigenvalue weighted by molar-refractivity contribution is -0.139. The molecule has 2 fully saturated rings. The lowest BCUT2D eigenvalue weighted by atomic mass is 9.91. The predicted molar refractivity (Wildman–Crippen MR) is 105 cm³/mol. The lowest BCUT2D eigenvalue weighted by Gasteiger charge is -2.33. The van der Waals surface area contributed by atoms with Crippen molar-refractivity contribution in [2.24, 2.45) is 0 Å². The van der Waals surface area contributed by atoms with E-state index in [0.717, 1.165) is 23.3 Å². The van der Waals surface area contributed by atoms with E-state index in [1.807, 2.05) is 38.2 Å². The van der Waals surface area contributed by atoms with Gasteiger partial charge >= 0.3 is 6.03 Å². The minimum atomic E-state index is -1.14. The highest BCUT2D eigenvalue weighted by molar-refractivity contribution is 6.09. The Morgan fingerprint density at radius 1 is 1.30 bits per heavy atom. The van der Waals surface area contributed by atoms with Crippen molar-refractivity contribution >= 4 is 30.3 Å². The predicted octanol–water partition coefficient (Wildman–Crippen LogP) is 1.39.